The molecule has 2 aromatic rings. The number of aliphatic carboxylic acids is 1. The molecule has 3 aliphatic carbocycles. The first-order valence-corrected chi connectivity index (χ1v) is 12.0. The van der Waals surface area contributed by atoms with Gasteiger partial charge in [0.15, 0.2) is 0 Å². The second-order valence-corrected chi connectivity index (χ2v) is 10.6. The van der Waals surface area contributed by atoms with Crippen LogP contribution in [0.2, 0.25) is 0 Å². The van der Waals surface area contributed by atoms with Crippen molar-refractivity contribution in [2.75, 3.05) is 0 Å². The molecule has 5 rings (SSSR count). The van der Waals surface area contributed by atoms with Gasteiger partial charge in [-0.2, -0.15) is 0 Å². The molecule has 0 unspecified atom stereocenters. The van der Waals surface area contributed by atoms with Gasteiger partial charge < -0.3 is 15.5 Å². The molecule has 1 aromatic carbocycles. The van der Waals surface area contributed by atoms with Gasteiger partial charge in [0.25, 0.3) is 5.91 Å². The van der Waals surface area contributed by atoms with Crippen molar-refractivity contribution in [3.63, 3.8) is 0 Å². The SMILES string of the molecule is CC1(C)[C@@H]2C[C@@H](C/C=C/CCCC(=O)O)[C@H](NC(=O)c3csc4ccc(O)cc34)[C@H]1C2. The molecular weight excluding hydrogens is 410 g/mol. The van der Waals surface area contributed by atoms with Crippen LogP contribution in [0.25, 0.3) is 10.1 Å². The Bertz CT molecular complexity index is 1010. The number of fused-ring (bicyclic) bond motifs is 3. The number of phenols is 1. The number of hydrogen-bond donors (Lipinski definition) is 3. The molecule has 3 fully saturated rings. The summed E-state index contributed by atoms with van der Waals surface area (Å²) < 4.78 is 0.997. The van der Waals surface area contributed by atoms with Crippen LogP contribution in [-0.4, -0.2) is 28.1 Å². The minimum atomic E-state index is -0.750. The van der Waals surface area contributed by atoms with Crippen molar-refractivity contribution in [1.29, 1.82) is 0 Å². The number of carbonyl (C=O) groups excluding carboxylic acids is 1. The first kappa shape index (κ1) is 21.9. The molecule has 0 radical (unpaired) electrons. The lowest BCUT2D eigenvalue weighted by molar-refractivity contribution is -0.137. The molecule has 31 heavy (non-hydrogen) atoms. The van der Waals surface area contributed by atoms with Crippen molar-refractivity contribution < 1.29 is 19.8 Å². The first-order chi connectivity index (χ1) is 14.8. The lowest BCUT2D eigenvalue weighted by Gasteiger charge is -2.62. The van der Waals surface area contributed by atoms with Gasteiger partial charge in [-0.05, 0) is 73.5 Å². The Balaban J connectivity index is 1.46. The van der Waals surface area contributed by atoms with E-state index in [2.05, 4.69) is 31.3 Å². The molecule has 0 saturated heterocycles. The predicted octanol–water partition coefficient (Wildman–Crippen LogP) is 5.59. The summed E-state index contributed by atoms with van der Waals surface area (Å²) in [6.07, 6.45) is 9.08. The van der Waals surface area contributed by atoms with Gasteiger partial charge in [-0.15, -0.1) is 11.3 Å². The van der Waals surface area contributed by atoms with Gasteiger partial charge in [0.2, 0.25) is 0 Å². The minimum Gasteiger partial charge on any atom is -0.508 e. The Morgan fingerprint density at radius 1 is 1.26 bits per heavy atom. The second-order valence-electron chi connectivity index (χ2n) is 9.68. The lowest BCUT2D eigenvalue weighted by Crippen LogP contribution is -2.63. The maximum atomic E-state index is 13.2. The first-order valence-electron chi connectivity index (χ1n) is 11.1. The fraction of sp³-hybridized carbons (Fsp3) is 0.520. The molecule has 3 N–H and O–H groups in total. The van der Waals surface area contributed by atoms with Crippen LogP contribution in [0.15, 0.2) is 35.7 Å². The number of rotatable bonds is 8. The molecule has 6 heteroatoms. The smallest absolute Gasteiger partial charge is 0.303 e. The van der Waals surface area contributed by atoms with E-state index < -0.39 is 5.97 Å². The van der Waals surface area contributed by atoms with E-state index in [9.17, 15) is 14.7 Å². The van der Waals surface area contributed by atoms with Gasteiger partial charge in [0, 0.05) is 27.9 Å². The van der Waals surface area contributed by atoms with Crippen molar-refractivity contribution >= 4 is 33.3 Å². The molecule has 2 bridgehead atoms. The number of nitrogens with one attached hydrogen (secondary N) is 1. The van der Waals surface area contributed by atoms with Gasteiger partial charge in [0.1, 0.15) is 5.75 Å². The van der Waals surface area contributed by atoms with Crippen molar-refractivity contribution in [3.8, 4) is 5.75 Å². The van der Waals surface area contributed by atoms with Crippen molar-refractivity contribution in [2.24, 2.45) is 23.2 Å². The van der Waals surface area contributed by atoms with Crippen molar-refractivity contribution in [1.82, 2.24) is 5.32 Å². The highest BCUT2D eigenvalue weighted by atomic mass is 32.1. The topological polar surface area (TPSA) is 86.6 Å². The molecule has 5 nitrogen and oxygen atoms in total. The number of carboxylic acid groups (broad SMARTS) is 1. The monoisotopic (exact) mass is 441 g/mol. The molecule has 3 aliphatic rings. The van der Waals surface area contributed by atoms with E-state index in [0.29, 0.717) is 29.7 Å². The lowest BCUT2D eigenvalue weighted by atomic mass is 9.44. The number of hydrogen-bond acceptors (Lipinski definition) is 4. The summed E-state index contributed by atoms with van der Waals surface area (Å²) in [5.74, 6) is 0.939. The average Bonchev–Trinajstić information content (AvgIpc) is 3.13. The summed E-state index contributed by atoms with van der Waals surface area (Å²) >= 11 is 1.52. The quantitative estimate of drug-likeness (QED) is 0.368. The predicted molar refractivity (Wildman–Crippen MR) is 123 cm³/mol. The number of amides is 1. The van der Waals surface area contributed by atoms with Crippen LogP contribution >= 0.6 is 11.3 Å². The Labute approximate surface area is 187 Å². The third kappa shape index (κ3) is 4.36. The molecule has 0 spiro atoms. The molecule has 0 aliphatic heterocycles. The van der Waals surface area contributed by atoms with Crippen LogP contribution in [-0.2, 0) is 4.79 Å². The number of aromatic hydroxyl groups is 1. The van der Waals surface area contributed by atoms with E-state index in [1.807, 2.05) is 11.4 Å². The Morgan fingerprint density at radius 3 is 2.81 bits per heavy atom. The Morgan fingerprint density at radius 2 is 2.06 bits per heavy atom. The average molecular weight is 442 g/mol. The highest BCUT2D eigenvalue weighted by Gasteiger charge is 2.57. The number of benzene rings is 1. The van der Waals surface area contributed by atoms with Crippen LogP contribution in [0.1, 0.15) is 62.7 Å². The maximum Gasteiger partial charge on any atom is 0.303 e. The summed E-state index contributed by atoms with van der Waals surface area (Å²) in [4.78, 5) is 23.9. The van der Waals surface area contributed by atoms with E-state index in [1.54, 1.807) is 12.1 Å². The summed E-state index contributed by atoms with van der Waals surface area (Å²) in [5, 5.41) is 24.7. The zero-order chi connectivity index (χ0) is 22.2. The minimum absolute atomic E-state index is 0.0570. The number of carboxylic acids is 1. The fourth-order valence-electron chi connectivity index (χ4n) is 5.55. The normalized spacial score (nSPS) is 26.6. The third-order valence-electron chi connectivity index (χ3n) is 7.54. The summed E-state index contributed by atoms with van der Waals surface area (Å²) in [5.41, 5.74) is 0.882. The zero-order valence-electron chi connectivity index (χ0n) is 18.1. The molecule has 166 valence electrons. The van der Waals surface area contributed by atoms with Gasteiger partial charge >= 0.3 is 5.97 Å². The number of carbonyl (C=O) groups is 2. The van der Waals surface area contributed by atoms with E-state index in [1.165, 1.54) is 17.8 Å². The van der Waals surface area contributed by atoms with Gasteiger partial charge in [-0.1, -0.05) is 26.0 Å². The Kier molecular flexibility index (Phi) is 6.11. The molecule has 4 atom stereocenters. The summed E-state index contributed by atoms with van der Waals surface area (Å²) in [6.45, 7) is 4.64. The summed E-state index contributed by atoms with van der Waals surface area (Å²) in [6, 6.07) is 5.30. The van der Waals surface area contributed by atoms with Crippen LogP contribution in [0, 0.1) is 23.2 Å². The van der Waals surface area contributed by atoms with Crippen LogP contribution < -0.4 is 5.32 Å². The molecule has 1 heterocycles. The van der Waals surface area contributed by atoms with Crippen molar-refractivity contribution in [3.05, 3.63) is 41.3 Å². The van der Waals surface area contributed by atoms with Gasteiger partial charge in [0.05, 0.1) is 5.56 Å². The standard InChI is InChI=1S/C25H31NO4S/c1-25(2)16-11-15(7-5-3-4-6-8-22(28)29)23(20(25)12-16)26-24(30)19-14-31-21-10-9-17(27)13-18(19)21/h3,5,9-10,13-16,20,23,27H,4,6-8,11-12H2,1-2H3,(H,26,30)(H,28,29)/b5-3+/t15-,16-,20-,23+/m1/s1. The molecular formula is C25H31NO4S. The largest absolute Gasteiger partial charge is 0.508 e. The van der Waals surface area contributed by atoms with E-state index in [-0.39, 0.29) is 29.5 Å². The van der Waals surface area contributed by atoms with Crippen molar-refractivity contribution in [2.45, 2.75) is 58.4 Å². The van der Waals surface area contributed by atoms with E-state index in [0.717, 1.165) is 29.3 Å². The van der Waals surface area contributed by atoms with Gasteiger partial charge in [-0.3, -0.25) is 9.59 Å². The van der Waals surface area contributed by atoms with E-state index >= 15 is 0 Å². The van der Waals surface area contributed by atoms with Gasteiger partial charge in [-0.25, -0.2) is 0 Å². The van der Waals surface area contributed by atoms with Crippen LogP contribution in [0.3, 0.4) is 0 Å². The fourth-order valence-corrected chi connectivity index (χ4v) is 6.47. The van der Waals surface area contributed by atoms with E-state index in [4.69, 9.17) is 5.11 Å². The maximum absolute atomic E-state index is 13.2. The number of unbranched alkanes of at least 4 members (excludes halogenated alkanes) is 1. The van der Waals surface area contributed by atoms with Crippen LogP contribution in [0.5, 0.6) is 5.75 Å². The summed E-state index contributed by atoms with van der Waals surface area (Å²) in [7, 11) is 0. The highest BCUT2D eigenvalue weighted by Crippen LogP contribution is 2.61. The Hall–Kier alpha value is -2.34. The molecule has 1 amide bonds. The number of thiophene rings is 1. The third-order valence-corrected chi connectivity index (χ3v) is 8.50. The second kappa shape index (κ2) is 8.65. The van der Waals surface area contributed by atoms with Crippen LogP contribution in [0.4, 0.5) is 0 Å². The highest BCUT2D eigenvalue weighted by molar-refractivity contribution is 7.17. The zero-order valence-corrected chi connectivity index (χ0v) is 19.0. The molecule has 1 aromatic heterocycles. The molecule has 3 saturated carbocycles. The number of allylic oxidation sites excluding steroid dienone is 2. The number of phenolic OH excluding ortho intramolecular Hbond substituents is 1.